The summed E-state index contributed by atoms with van der Waals surface area (Å²) in [7, 11) is 0. The van der Waals surface area contributed by atoms with Crippen molar-refractivity contribution in [3.05, 3.63) is 35.9 Å². The fraction of sp³-hybridized carbons (Fsp3) is 0.500. The van der Waals surface area contributed by atoms with Crippen molar-refractivity contribution in [2.75, 3.05) is 6.61 Å². The van der Waals surface area contributed by atoms with Gasteiger partial charge in [0.05, 0.1) is 6.04 Å². The van der Waals surface area contributed by atoms with Crippen molar-refractivity contribution in [3.63, 3.8) is 0 Å². The molecule has 0 radical (unpaired) electrons. The molecule has 0 spiro atoms. The van der Waals surface area contributed by atoms with Crippen LogP contribution in [0.5, 0.6) is 0 Å². The van der Waals surface area contributed by atoms with Crippen molar-refractivity contribution in [1.82, 2.24) is 4.90 Å². The van der Waals surface area contributed by atoms with Gasteiger partial charge in [-0.3, -0.25) is 4.79 Å². The zero-order valence-corrected chi connectivity index (χ0v) is 12.7. The molecule has 0 bridgehead atoms. The molecule has 4 nitrogen and oxygen atoms in total. The number of hydrogen-bond donors (Lipinski definition) is 0. The van der Waals surface area contributed by atoms with Crippen molar-refractivity contribution in [3.8, 4) is 0 Å². The summed E-state index contributed by atoms with van der Waals surface area (Å²) in [5, 5.41) is 0. The molecule has 1 aliphatic rings. The molecule has 1 unspecified atom stereocenters. The number of alkyl halides is 3. The van der Waals surface area contributed by atoms with Crippen LogP contribution in [0.15, 0.2) is 30.3 Å². The van der Waals surface area contributed by atoms with E-state index in [-0.39, 0.29) is 13.0 Å². The van der Waals surface area contributed by atoms with Crippen LogP contribution in [0.1, 0.15) is 25.3 Å². The number of ether oxygens (including phenoxy) is 1. The minimum Gasteiger partial charge on any atom is -0.447 e. The Morgan fingerprint density at radius 2 is 2.00 bits per heavy atom. The molecule has 0 aromatic heterocycles. The molecule has 0 aliphatic carbocycles. The van der Waals surface area contributed by atoms with Crippen LogP contribution in [0.4, 0.5) is 18.0 Å². The Morgan fingerprint density at radius 3 is 2.61 bits per heavy atom. The number of nitrogens with zero attached hydrogens (tertiary/aromatic N) is 1. The molecule has 2 rings (SSSR count). The quantitative estimate of drug-likeness (QED) is 0.830. The topological polar surface area (TPSA) is 46.6 Å². The second-order valence-corrected chi connectivity index (χ2v) is 5.81. The van der Waals surface area contributed by atoms with Crippen molar-refractivity contribution in [2.24, 2.45) is 5.92 Å². The molecule has 23 heavy (non-hydrogen) atoms. The molecule has 7 heteroatoms. The predicted molar refractivity (Wildman–Crippen MR) is 76.6 cm³/mol. The molecule has 1 aromatic carbocycles. The summed E-state index contributed by atoms with van der Waals surface area (Å²) in [4.78, 5) is 24.9. The summed E-state index contributed by atoms with van der Waals surface area (Å²) in [6.07, 6.45) is -6.07. The minimum atomic E-state index is -4.32. The van der Waals surface area contributed by atoms with E-state index >= 15 is 0 Å². The smallest absolute Gasteiger partial charge is 0.416 e. The van der Waals surface area contributed by atoms with Crippen LogP contribution in [0, 0.1) is 5.92 Å². The van der Waals surface area contributed by atoms with Gasteiger partial charge in [-0.2, -0.15) is 13.2 Å². The highest BCUT2D eigenvalue weighted by Crippen LogP contribution is 2.28. The Balaban J connectivity index is 2.00. The van der Waals surface area contributed by atoms with Gasteiger partial charge < -0.3 is 4.74 Å². The molecular formula is C16H18F3NO3. The maximum atomic E-state index is 12.4. The van der Waals surface area contributed by atoms with Crippen LogP contribution in [-0.2, 0) is 16.0 Å². The Kier molecular flexibility index (Phi) is 5.28. The number of hydrogen-bond acceptors (Lipinski definition) is 3. The second kappa shape index (κ2) is 7.02. The number of rotatable bonds is 5. The maximum absolute atomic E-state index is 12.4. The van der Waals surface area contributed by atoms with Crippen LogP contribution >= 0.6 is 0 Å². The van der Waals surface area contributed by atoms with Gasteiger partial charge in [0.25, 0.3) is 0 Å². The lowest BCUT2D eigenvalue weighted by Crippen LogP contribution is -2.41. The van der Waals surface area contributed by atoms with E-state index in [1.54, 1.807) is 0 Å². The van der Waals surface area contributed by atoms with Gasteiger partial charge in [0.1, 0.15) is 6.61 Å². The minimum absolute atomic E-state index is 0.0626. The number of carbonyl (C=O) groups excluding carboxylic acids is 2. The van der Waals surface area contributed by atoms with E-state index in [0.717, 1.165) is 10.5 Å². The second-order valence-electron chi connectivity index (χ2n) is 5.81. The first-order valence-electron chi connectivity index (χ1n) is 7.36. The van der Waals surface area contributed by atoms with Crippen LogP contribution < -0.4 is 0 Å². The largest absolute Gasteiger partial charge is 0.447 e. The van der Waals surface area contributed by atoms with Gasteiger partial charge in [0, 0.05) is 12.8 Å². The highest BCUT2D eigenvalue weighted by molar-refractivity contribution is 5.93. The molecule has 1 heterocycles. The lowest BCUT2D eigenvalue weighted by atomic mass is 10.0. The van der Waals surface area contributed by atoms with Crippen LogP contribution in [0.2, 0.25) is 0 Å². The fourth-order valence-corrected chi connectivity index (χ4v) is 2.67. The number of imide groups is 1. The summed E-state index contributed by atoms with van der Waals surface area (Å²) < 4.78 is 42.0. The summed E-state index contributed by atoms with van der Waals surface area (Å²) in [5.74, 6) is -1.50. The summed E-state index contributed by atoms with van der Waals surface area (Å²) in [5.41, 5.74) is 0.928. The highest BCUT2D eigenvalue weighted by atomic mass is 19.4. The zero-order chi connectivity index (χ0) is 17.0. The normalized spacial score (nSPS) is 19.6. The van der Waals surface area contributed by atoms with E-state index < -0.39 is 36.6 Å². The monoisotopic (exact) mass is 329 g/mol. The van der Waals surface area contributed by atoms with E-state index in [1.165, 1.54) is 6.92 Å². The summed E-state index contributed by atoms with van der Waals surface area (Å²) in [6, 6.07) is 8.77. The molecular weight excluding hydrogens is 311 g/mol. The van der Waals surface area contributed by atoms with E-state index in [1.807, 2.05) is 30.3 Å². The first-order chi connectivity index (χ1) is 10.8. The third-order valence-corrected chi connectivity index (χ3v) is 3.65. The highest BCUT2D eigenvalue weighted by Gasteiger charge is 2.39. The van der Waals surface area contributed by atoms with E-state index in [4.69, 9.17) is 4.74 Å². The predicted octanol–water partition coefficient (Wildman–Crippen LogP) is 3.56. The van der Waals surface area contributed by atoms with Gasteiger partial charge >= 0.3 is 12.3 Å². The van der Waals surface area contributed by atoms with Crippen LogP contribution in [-0.4, -0.2) is 35.7 Å². The lowest BCUT2D eigenvalue weighted by Gasteiger charge is -2.22. The van der Waals surface area contributed by atoms with Crippen molar-refractivity contribution in [1.29, 1.82) is 0 Å². The average Bonchev–Trinajstić information content (AvgIpc) is 2.78. The summed E-state index contributed by atoms with van der Waals surface area (Å²) in [6.45, 7) is 1.41. The van der Waals surface area contributed by atoms with Gasteiger partial charge in [-0.25, -0.2) is 9.69 Å². The molecule has 0 N–H and O–H groups in total. The van der Waals surface area contributed by atoms with Crippen molar-refractivity contribution >= 4 is 12.0 Å². The maximum Gasteiger partial charge on any atom is 0.416 e. The zero-order valence-electron chi connectivity index (χ0n) is 12.7. The van der Waals surface area contributed by atoms with Crippen molar-refractivity contribution < 1.29 is 27.5 Å². The first kappa shape index (κ1) is 17.3. The molecule has 2 amide bonds. The molecule has 2 atom stereocenters. The molecule has 1 saturated heterocycles. The summed E-state index contributed by atoms with van der Waals surface area (Å²) >= 11 is 0. The third kappa shape index (κ3) is 4.97. The average molecular weight is 329 g/mol. The Hall–Kier alpha value is -2.05. The van der Waals surface area contributed by atoms with Crippen molar-refractivity contribution in [2.45, 2.75) is 38.4 Å². The lowest BCUT2D eigenvalue weighted by molar-refractivity contribution is -0.146. The van der Waals surface area contributed by atoms with Gasteiger partial charge in [0.15, 0.2) is 0 Å². The molecule has 126 valence electrons. The van der Waals surface area contributed by atoms with Crippen LogP contribution in [0.3, 0.4) is 0 Å². The SMILES string of the molecule is C[C@@H](CC(=O)N1C(=O)OCC1Cc1ccccc1)CC(F)(F)F. The van der Waals surface area contributed by atoms with E-state index in [2.05, 4.69) is 0 Å². The van der Waals surface area contributed by atoms with E-state index in [0.29, 0.717) is 6.42 Å². The molecule has 1 aliphatic heterocycles. The standard InChI is InChI=1S/C16H18F3NO3/c1-11(9-16(17,18)19)7-14(21)20-13(10-23-15(20)22)8-12-5-3-2-4-6-12/h2-6,11,13H,7-10H2,1H3/t11-,13?/m0/s1. The number of carbonyl (C=O) groups is 2. The number of benzene rings is 1. The van der Waals surface area contributed by atoms with Gasteiger partial charge in [-0.15, -0.1) is 0 Å². The Morgan fingerprint density at radius 1 is 1.35 bits per heavy atom. The number of halogens is 3. The Bertz CT molecular complexity index is 559. The Labute approximate surface area is 132 Å². The first-order valence-corrected chi connectivity index (χ1v) is 7.36. The molecule has 0 saturated carbocycles. The number of amides is 2. The van der Waals surface area contributed by atoms with Gasteiger partial charge in [-0.05, 0) is 17.9 Å². The molecule has 1 fully saturated rings. The van der Waals surface area contributed by atoms with Crippen LogP contribution in [0.25, 0.3) is 0 Å². The van der Waals surface area contributed by atoms with E-state index in [9.17, 15) is 22.8 Å². The van der Waals surface area contributed by atoms with Gasteiger partial charge in [-0.1, -0.05) is 37.3 Å². The van der Waals surface area contributed by atoms with Gasteiger partial charge in [0.2, 0.25) is 5.91 Å². The third-order valence-electron chi connectivity index (χ3n) is 3.65. The molecule has 1 aromatic rings. The fourth-order valence-electron chi connectivity index (χ4n) is 2.67. The number of cyclic esters (lactones) is 1.